The monoisotopic (exact) mass is 259 g/mol. The summed E-state index contributed by atoms with van der Waals surface area (Å²) in [6.07, 6.45) is 1.39. The summed E-state index contributed by atoms with van der Waals surface area (Å²) in [5.74, 6) is -0.413. The lowest BCUT2D eigenvalue weighted by molar-refractivity contribution is -0.143. The van der Waals surface area contributed by atoms with E-state index in [-0.39, 0.29) is 5.02 Å². The molecule has 94 valence electrons. The van der Waals surface area contributed by atoms with Crippen LogP contribution in [0.5, 0.6) is 0 Å². The van der Waals surface area contributed by atoms with Crippen LogP contribution in [-0.4, -0.2) is 28.4 Å². The average Bonchev–Trinajstić information content (AvgIpc) is 2.30. The van der Waals surface area contributed by atoms with Gasteiger partial charge in [0.15, 0.2) is 0 Å². The largest absolute Gasteiger partial charge is 0.464 e. The number of aromatic nitrogens is 2. The minimum Gasteiger partial charge on any atom is -0.464 e. The number of halogens is 1. The van der Waals surface area contributed by atoms with Gasteiger partial charge < -0.3 is 10.1 Å². The predicted octanol–water partition coefficient (Wildman–Crippen LogP) is 0.797. The Labute approximate surface area is 104 Å². The normalized spacial score (nSPS) is 12.0. The Balaban J connectivity index is 2.86. The summed E-state index contributed by atoms with van der Waals surface area (Å²) in [6, 6.07) is -0.596. The number of carbonyl (C=O) groups is 1. The highest BCUT2D eigenvalue weighted by Crippen LogP contribution is 2.16. The molecule has 0 saturated heterocycles. The van der Waals surface area contributed by atoms with Crippen molar-refractivity contribution in [2.24, 2.45) is 7.05 Å². The van der Waals surface area contributed by atoms with Crippen molar-refractivity contribution >= 4 is 23.3 Å². The lowest BCUT2D eigenvalue weighted by Crippen LogP contribution is -2.30. The SMILES string of the molecule is CCOC(=O)C(C)Nc1cnn(C)c(=O)c1Cl. The summed E-state index contributed by atoms with van der Waals surface area (Å²) in [5.41, 5.74) is -0.108. The second-order valence-corrected chi connectivity index (χ2v) is 3.80. The topological polar surface area (TPSA) is 73.2 Å². The summed E-state index contributed by atoms with van der Waals surface area (Å²) in [6.45, 7) is 3.64. The Bertz CT molecular complexity index is 472. The van der Waals surface area contributed by atoms with E-state index in [4.69, 9.17) is 16.3 Å². The van der Waals surface area contributed by atoms with E-state index in [1.807, 2.05) is 0 Å². The maximum absolute atomic E-state index is 11.5. The van der Waals surface area contributed by atoms with Gasteiger partial charge in [0.2, 0.25) is 0 Å². The molecule has 0 bridgehead atoms. The van der Waals surface area contributed by atoms with Crippen molar-refractivity contribution in [1.82, 2.24) is 9.78 Å². The van der Waals surface area contributed by atoms with Crippen LogP contribution < -0.4 is 10.9 Å². The van der Waals surface area contributed by atoms with E-state index in [1.165, 1.54) is 13.2 Å². The lowest BCUT2D eigenvalue weighted by atomic mass is 10.3. The van der Waals surface area contributed by atoms with Crippen molar-refractivity contribution < 1.29 is 9.53 Å². The molecule has 17 heavy (non-hydrogen) atoms. The van der Waals surface area contributed by atoms with Crippen LogP contribution in [0.1, 0.15) is 13.8 Å². The zero-order valence-electron chi connectivity index (χ0n) is 9.86. The van der Waals surface area contributed by atoms with Gasteiger partial charge in [-0.2, -0.15) is 5.10 Å². The molecule has 1 aromatic rings. The van der Waals surface area contributed by atoms with Gasteiger partial charge in [-0.25, -0.2) is 9.48 Å². The van der Waals surface area contributed by atoms with Crippen molar-refractivity contribution in [2.45, 2.75) is 19.9 Å². The van der Waals surface area contributed by atoms with Crippen LogP contribution in [-0.2, 0) is 16.6 Å². The Morgan fingerprint density at radius 2 is 2.35 bits per heavy atom. The van der Waals surface area contributed by atoms with Crippen LogP contribution in [0.15, 0.2) is 11.0 Å². The minimum absolute atomic E-state index is 0.00125. The second kappa shape index (κ2) is 5.67. The number of hydrogen-bond donors (Lipinski definition) is 1. The van der Waals surface area contributed by atoms with E-state index in [2.05, 4.69) is 10.4 Å². The molecule has 0 aliphatic rings. The molecule has 1 unspecified atom stereocenters. The second-order valence-electron chi connectivity index (χ2n) is 3.42. The Hall–Kier alpha value is -1.56. The van der Waals surface area contributed by atoms with E-state index >= 15 is 0 Å². The third-order valence-electron chi connectivity index (χ3n) is 2.09. The van der Waals surface area contributed by atoms with E-state index < -0.39 is 17.6 Å². The molecule has 0 amide bonds. The summed E-state index contributed by atoms with van der Waals surface area (Å²) in [5, 5.41) is 6.58. The highest BCUT2D eigenvalue weighted by Gasteiger charge is 2.16. The first-order chi connectivity index (χ1) is 7.97. The number of esters is 1. The number of aryl methyl sites for hydroxylation is 1. The third kappa shape index (κ3) is 3.20. The molecule has 1 N–H and O–H groups in total. The maximum atomic E-state index is 11.5. The number of hydrogen-bond acceptors (Lipinski definition) is 5. The van der Waals surface area contributed by atoms with Crippen LogP contribution in [0.4, 0.5) is 5.69 Å². The van der Waals surface area contributed by atoms with Crippen molar-refractivity contribution in [2.75, 3.05) is 11.9 Å². The van der Waals surface area contributed by atoms with Gasteiger partial charge in [-0.3, -0.25) is 4.79 Å². The third-order valence-corrected chi connectivity index (χ3v) is 2.46. The van der Waals surface area contributed by atoms with Crippen molar-refractivity contribution in [3.8, 4) is 0 Å². The molecule has 6 nitrogen and oxygen atoms in total. The van der Waals surface area contributed by atoms with Gasteiger partial charge in [-0.05, 0) is 13.8 Å². The van der Waals surface area contributed by atoms with Crippen LogP contribution >= 0.6 is 11.6 Å². The van der Waals surface area contributed by atoms with Crippen LogP contribution in [0.3, 0.4) is 0 Å². The standard InChI is InChI=1S/C10H14ClN3O3/c1-4-17-10(16)6(2)13-7-5-12-14(3)9(15)8(7)11/h5-6,13H,4H2,1-3H3. The van der Waals surface area contributed by atoms with Gasteiger partial charge in [-0.15, -0.1) is 0 Å². The first-order valence-corrected chi connectivity index (χ1v) is 5.50. The van der Waals surface area contributed by atoms with Crippen molar-refractivity contribution in [3.05, 3.63) is 21.6 Å². The van der Waals surface area contributed by atoms with Gasteiger partial charge in [0.25, 0.3) is 5.56 Å². The fourth-order valence-electron chi connectivity index (χ4n) is 1.17. The molecule has 0 saturated carbocycles. The number of ether oxygens (including phenoxy) is 1. The molecule has 0 aromatic carbocycles. The summed E-state index contributed by atoms with van der Waals surface area (Å²) < 4.78 is 5.94. The first-order valence-electron chi connectivity index (χ1n) is 5.12. The van der Waals surface area contributed by atoms with Crippen LogP contribution in [0, 0.1) is 0 Å². The van der Waals surface area contributed by atoms with Crippen LogP contribution in [0.2, 0.25) is 5.02 Å². The van der Waals surface area contributed by atoms with Crippen molar-refractivity contribution in [3.63, 3.8) is 0 Å². The van der Waals surface area contributed by atoms with Crippen LogP contribution in [0.25, 0.3) is 0 Å². The molecule has 1 heterocycles. The van der Waals surface area contributed by atoms with E-state index in [1.54, 1.807) is 13.8 Å². The van der Waals surface area contributed by atoms with Gasteiger partial charge in [0, 0.05) is 7.05 Å². The molecular weight excluding hydrogens is 246 g/mol. The summed E-state index contributed by atoms with van der Waals surface area (Å²) in [7, 11) is 1.49. The number of anilines is 1. The molecule has 0 fully saturated rings. The molecule has 0 radical (unpaired) electrons. The van der Waals surface area contributed by atoms with Gasteiger partial charge >= 0.3 is 5.97 Å². The highest BCUT2D eigenvalue weighted by atomic mass is 35.5. The molecule has 1 atom stereocenters. The molecule has 0 aliphatic carbocycles. The molecule has 1 rings (SSSR count). The van der Waals surface area contributed by atoms with Crippen molar-refractivity contribution in [1.29, 1.82) is 0 Å². The molecular formula is C10H14ClN3O3. The maximum Gasteiger partial charge on any atom is 0.328 e. The van der Waals surface area contributed by atoms with Gasteiger partial charge in [0.05, 0.1) is 18.5 Å². The minimum atomic E-state index is -0.596. The first kappa shape index (κ1) is 13.5. The number of nitrogens with zero attached hydrogens (tertiary/aromatic N) is 2. The zero-order valence-corrected chi connectivity index (χ0v) is 10.6. The molecule has 0 aliphatic heterocycles. The van der Waals surface area contributed by atoms with E-state index in [0.717, 1.165) is 4.68 Å². The smallest absolute Gasteiger partial charge is 0.328 e. The predicted molar refractivity (Wildman–Crippen MR) is 64.2 cm³/mol. The lowest BCUT2D eigenvalue weighted by Gasteiger charge is -2.14. The Morgan fingerprint density at radius 3 is 2.94 bits per heavy atom. The Morgan fingerprint density at radius 1 is 1.71 bits per heavy atom. The zero-order chi connectivity index (χ0) is 13.0. The van der Waals surface area contributed by atoms with E-state index in [0.29, 0.717) is 12.3 Å². The fraction of sp³-hybridized carbons (Fsp3) is 0.500. The molecule has 7 heteroatoms. The molecule has 1 aromatic heterocycles. The number of rotatable bonds is 4. The average molecular weight is 260 g/mol. The van der Waals surface area contributed by atoms with Gasteiger partial charge in [-0.1, -0.05) is 11.6 Å². The highest BCUT2D eigenvalue weighted by molar-refractivity contribution is 6.33. The summed E-state index contributed by atoms with van der Waals surface area (Å²) >= 11 is 5.84. The number of nitrogens with one attached hydrogen (secondary N) is 1. The van der Waals surface area contributed by atoms with E-state index in [9.17, 15) is 9.59 Å². The van der Waals surface area contributed by atoms with Gasteiger partial charge in [0.1, 0.15) is 11.1 Å². The quantitative estimate of drug-likeness (QED) is 0.810. The fourth-order valence-corrected chi connectivity index (χ4v) is 1.40. The Kier molecular flexibility index (Phi) is 4.51. The molecule has 0 spiro atoms. The number of carbonyl (C=O) groups excluding carboxylic acids is 1. The summed E-state index contributed by atoms with van der Waals surface area (Å²) in [4.78, 5) is 22.9.